The number of benzene rings is 1. The number of amides is 1. The molecule has 1 aliphatic rings. The average molecular weight is 524 g/mol. The van der Waals surface area contributed by atoms with E-state index >= 15 is 0 Å². The van der Waals surface area contributed by atoms with Crippen LogP contribution in [0.15, 0.2) is 41.5 Å². The lowest BCUT2D eigenvalue weighted by Crippen LogP contribution is -2.39. The summed E-state index contributed by atoms with van der Waals surface area (Å²) in [6.07, 6.45) is 5.97. The number of carbonyl (C=O) groups is 1. The van der Waals surface area contributed by atoms with Gasteiger partial charge in [-0.25, -0.2) is 4.98 Å². The van der Waals surface area contributed by atoms with E-state index in [2.05, 4.69) is 49.6 Å². The Labute approximate surface area is 196 Å². The first-order valence-corrected chi connectivity index (χ1v) is 10.5. The number of hydrogen-bond donors (Lipinski definition) is 3. The Kier molecular flexibility index (Phi) is 10.1. The zero-order chi connectivity index (χ0) is 20.5. The molecule has 1 amide bonds. The summed E-state index contributed by atoms with van der Waals surface area (Å²) in [5.74, 6) is 2.19. The molecule has 8 heteroatoms. The molecule has 164 valence electrons. The van der Waals surface area contributed by atoms with E-state index in [1.807, 2.05) is 31.4 Å². The summed E-state index contributed by atoms with van der Waals surface area (Å²) in [5.41, 5.74) is 2.14. The number of hydrogen-bond acceptors (Lipinski definition) is 3. The Morgan fingerprint density at radius 2 is 2.03 bits per heavy atom. The maximum absolute atomic E-state index is 11.9. The molecule has 1 heterocycles. The summed E-state index contributed by atoms with van der Waals surface area (Å²) in [7, 11) is 2.00. The van der Waals surface area contributed by atoms with Gasteiger partial charge in [0.05, 0.1) is 18.4 Å². The normalized spacial score (nSPS) is 13.9. The monoisotopic (exact) mass is 524 g/mol. The Morgan fingerprint density at radius 3 is 2.70 bits per heavy atom. The molecule has 0 saturated heterocycles. The fourth-order valence-corrected chi connectivity index (χ4v) is 3.27. The summed E-state index contributed by atoms with van der Waals surface area (Å²) >= 11 is 0. The van der Waals surface area contributed by atoms with Crippen molar-refractivity contribution < 1.29 is 4.79 Å². The topological polar surface area (TPSA) is 85.4 Å². The van der Waals surface area contributed by atoms with Gasteiger partial charge in [-0.05, 0) is 31.7 Å². The number of halogens is 1. The highest BCUT2D eigenvalue weighted by Gasteiger charge is 2.24. The van der Waals surface area contributed by atoms with Crippen LogP contribution in [0.4, 0.5) is 0 Å². The summed E-state index contributed by atoms with van der Waals surface area (Å²) in [6, 6.07) is 10.2. The molecular formula is C22H33IN6O. The lowest BCUT2D eigenvalue weighted by molar-refractivity contribution is -0.127. The second-order valence-corrected chi connectivity index (χ2v) is 7.47. The number of carbonyl (C=O) groups excluding carboxylic acids is 1. The lowest BCUT2D eigenvalue weighted by Gasteiger charge is -2.24. The van der Waals surface area contributed by atoms with Gasteiger partial charge < -0.3 is 20.5 Å². The number of imidazole rings is 1. The van der Waals surface area contributed by atoms with Crippen molar-refractivity contribution in [3.05, 3.63) is 42.4 Å². The smallest absolute Gasteiger partial charge is 0.223 e. The number of H-pyrrole nitrogens is 1. The first kappa shape index (κ1) is 24.2. The molecule has 0 bridgehead atoms. The molecule has 1 aromatic carbocycles. The molecule has 1 aliphatic carbocycles. The SMILES string of the molecule is CCNC(=NCCCNC(=O)C1CCC1)N(C)Cc1ncc(-c2ccccc2)[nH]1.I. The minimum atomic E-state index is 0. The molecule has 3 N–H and O–H groups in total. The van der Waals surface area contributed by atoms with Crippen LogP contribution in [-0.2, 0) is 11.3 Å². The van der Waals surface area contributed by atoms with Crippen molar-refractivity contribution in [1.82, 2.24) is 25.5 Å². The third-order valence-electron chi connectivity index (χ3n) is 5.17. The molecule has 0 spiro atoms. The van der Waals surface area contributed by atoms with E-state index in [-0.39, 0.29) is 35.8 Å². The quantitative estimate of drug-likeness (QED) is 0.203. The van der Waals surface area contributed by atoms with E-state index in [1.165, 1.54) is 6.42 Å². The first-order chi connectivity index (χ1) is 14.2. The standard InChI is InChI=1S/C22H32N6O.HI/c1-3-23-22(25-14-8-13-24-21(29)18-11-7-12-18)28(2)16-20-26-15-19(27-20)17-9-5-4-6-10-17;/h4-6,9-10,15,18H,3,7-8,11-14,16H2,1-2H3,(H,23,25)(H,24,29)(H,26,27);1H. The highest BCUT2D eigenvalue weighted by molar-refractivity contribution is 14.0. The number of guanidine groups is 1. The number of nitrogens with zero attached hydrogens (tertiary/aromatic N) is 3. The van der Waals surface area contributed by atoms with E-state index in [0.29, 0.717) is 19.6 Å². The highest BCUT2D eigenvalue weighted by atomic mass is 127. The first-order valence-electron chi connectivity index (χ1n) is 10.5. The maximum atomic E-state index is 11.9. The van der Waals surface area contributed by atoms with Crippen LogP contribution < -0.4 is 10.6 Å². The number of rotatable bonds is 9. The number of aromatic nitrogens is 2. The van der Waals surface area contributed by atoms with Crippen molar-refractivity contribution in [1.29, 1.82) is 0 Å². The molecule has 30 heavy (non-hydrogen) atoms. The van der Waals surface area contributed by atoms with Crippen molar-refractivity contribution in [2.24, 2.45) is 10.9 Å². The van der Waals surface area contributed by atoms with Gasteiger partial charge >= 0.3 is 0 Å². The van der Waals surface area contributed by atoms with Crippen molar-refractivity contribution in [2.45, 2.75) is 39.2 Å². The third-order valence-corrected chi connectivity index (χ3v) is 5.17. The highest BCUT2D eigenvalue weighted by Crippen LogP contribution is 2.26. The minimum Gasteiger partial charge on any atom is -0.357 e. The molecular weight excluding hydrogens is 491 g/mol. The van der Waals surface area contributed by atoms with E-state index in [1.54, 1.807) is 0 Å². The summed E-state index contributed by atoms with van der Waals surface area (Å²) in [6.45, 7) is 4.85. The fourth-order valence-electron chi connectivity index (χ4n) is 3.27. The average Bonchev–Trinajstić information content (AvgIpc) is 3.14. The van der Waals surface area contributed by atoms with Crippen LogP contribution in [0.5, 0.6) is 0 Å². The fraction of sp³-hybridized carbons (Fsp3) is 0.500. The van der Waals surface area contributed by atoms with Gasteiger partial charge in [0, 0.05) is 32.6 Å². The van der Waals surface area contributed by atoms with Crippen LogP contribution in [0.3, 0.4) is 0 Å². The van der Waals surface area contributed by atoms with Crippen molar-refractivity contribution >= 4 is 35.8 Å². The van der Waals surface area contributed by atoms with Crippen LogP contribution in [0.1, 0.15) is 38.4 Å². The molecule has 0 radical (unpaired) electrons. The van der Waals surface area contributed by atoms with E-state index in [0.717, 1.165) is 48.8 Å². The number of aromatic amines is 1. The molecule has 0 atom stereocenters. The van der Waals surface area contributed by atoms with E-state index in [4.69, 9.17) is 0 Å². The van der Waals surface area contributed by atoms with Gasteiger partial charge in [0.2, 0.25) is 5.91 Å². The zero-order valence-electron chi connectivity index (χ0n) is 17.9. The second-order valence-electron chi connectivity index (χ2n) is 7.47. The Balaban J connectivity index is 0.00000320. The summed E-state index contributed by atoms with van der Waals surface area (Å²) in [4.78, 5) is 26.5. The van der Waals surface area contributed by atoms with Gasteiger partial charge in [0.15, 0.2) is 5.96 Å². The molecule has 3 rings (SSSR count). The van der Waals surface area contributed by atoms with Crippen molar-refractivity contribution in [3.63, 3.8) is 0 Å². The maximum Gasteiger partial charge on any atom is 0.223 e. The summed E-state index contributed by atoms with van der Waals surface area (Å²) in [5, 5.41) is 6.34. The van der Waals surface area contributed by atoms with E-state index < -0.39 is 0 Å². The second kappa shape index (κ2) is 12.6. The van der Waals surface area contributed by atoms with Crippen molar-refractivity contribution in [2.75, 3.05) is 26.7 Å². The van der Waals surface area contributed by atoms with Gasteiger partial charge in [-0.2, -0.15) is 0 Å². The molecule has 7 nitrogen and oxygen atoms in total. The lowest BCUT2D eigenvalue weighted by atomic mass is 9.85. The zero-order valence-corrected chi connectivity index (χ0v) is 20.2. The molecule has 0 aliphatic heterocycles. The van der Waals surface area contributed by atoms with E-state index in [9.17, 15) is 4.79 Å². The Morgan fingerprint density at radius 1 is 1.27 bits per heavy atom. The van der Waals surface area contributed by atoms with Crippen LogP contribution in [0, 0.1) is 5.92 Å². The van der Waals surface area contributed by atoms with Crippen LogP contribution in [0.25, 0.3) is 11.3 Å². The molecule has 0 unspecified atom stereocenters. The Bertz CT molecular complexity index is 803. The van der Waals surface area contributed by atoms with Crippen molar-refractivity contribution in [3.8, 4) is 11.3 Å². The largest absolute Gasteiger partial charge is 0.357 e. The van der Waals surface area contributed by atoms with Crippen LogP contribution in [-0.4, -0.2) is 53.4 Å². The van der Waals surface area contributed by atoms with Gasteiger partial charge in [0.25, 0.3) is 0 Å². The molecule has 1 aromatic heterocycles. The molecule has 1 saturated carbocycles. The summed E-state index contributed by atoms with van der Waals surface area (Å²) < 4.78 is 0. The van der Waals surface area contributed by atoms with Gasteiger partial charge in [0.1, 0.15) is 5.82 Å². The van der Waals surface area contributed by atoms with Gasteiger partial charge in [-0.1, -0.05) is 36.8 Å². The number of nitrogens with one attached hydrogen (secondary N) is 3. The number of aliphatic imine (C=N–C) groups is 1. The third kappa shape index (κ3) is 7.00. The van der Waals surface area contributed by atoms with Gasteiger partial charge in [-0.15, -0.1) is 24.0 Å². The Hall–Kier alpha value is -2.10. The van der Waals surface area contributed by atoms with Crippen LogP contribution in [0.2, 0.25) is 0 Å². The molecule has 1 fully saturated rings. The predicted octanol–water partition coefficient (Wildman–Crippen LogP) is 3.40. The minimum absolute atomic E-state index is 0. The molecule has 2 aromatic rings. The van der Waals surface area contributed by atoms with Crippen LogP contribution >= 0.6 is 24.0 Å². The predicted molar refractivity (Wildman–Crippen MR) is 132 cm³/mol. The van der Waals surface area contributed by atoms with Gasteiger partial charge in [-0.3, -0.25) is 9.79 Å².